The third-order valence-electron chi connectivity index (χ3n) is 5.67. The third kappa shape index (κ3) is 4.76. The van der Waals surface area contributed by atoms with Crippen molar-refractivity contribution in [3.63, 3.8) is 0 Å². The van der Waals surface area contributed by atoms with Crippen molar-refractivity contribution in [2.75, 3.05) is 13.7 Å². The molecule has 2 aliphatic rings. The van der Waals surface area contributed by atoms with Gasteiger partial charge in [-0.1, -0.05) is 17.3 Å². The number of carbonyl (C=O) groups excluding carboxylic acids is 1. The molecule has 0 bridgehead atoms. The van der Waals surface area contributed by atoms with E-state index in [1.807, 2.05) is 30.5 Å². The molecule has 8 heteroatoms. The minimum absolute atomic E-state index is 0.0279. The predicted octanol–water partition coefficient (Wildman–Crippen LogP) is 1.78. The quantitative estimate of drug-likeness (QED) is 0.701. The van der Waals surface area contributed by atoms with Gasteiger partial charge in [0, 0.05) is 18.0 Å². The van der Waals surface area contributed by atoms with E-state index in [0.29, 0.717) is 6.54 Å². The molecule has 1 amide bonds. The molecule has 1 saturated heterocycles. The topological polar surface area (TPSA) is 98.5 Å². The summed E-state index contributed by atoms with van der Waals surface area (Å²) in [5, 5.41) is 21.2. The van der Waals surface area contributed by atoms with Gasteiger partial charge in [-0.2, -0.15) is 0 Å². The van der Waals surface area contributed by atoms with Crippen LogP contribution in [0.15, 0.2) is 30.5 Å². The summed E-state index contributed by atoms with van der Waals surface area (Å²) in [6, 6.07) is 7.62. The van der Waals surface area contributed by atoms with Gasteiger partial charge in [-0.05, 0) is 44.2 Å². The van der Waals surface area contributed by atoms with Crippen LogP contribution in [-0.2, 0) is 16.1 Å². The maximum Gasteiger partial charge on any atom is 0.223 e. The van der Waals surface area contributed by atoms with E-state index in [4.69, 9.17) is 9.47 Å². The highest BCUT2D eigenvalue weighted by Gasteiger charge is 2.36. The van der Waals surface area contributed by atoms with E-state index in [-0.39, 0.29) is 36.7 Å². The maximum absolute atomic E-state index is 12.0. The number of hydrogen-bond acceptors (Lipinski definition) is 6. The molecule has 156 valence electrons. The van der Waals surface area contributed by atoms with E-state index in [9.17, 15) is 9.90 Å². The van der Waals surface area contributed by atoms with Crippen LogP contribution in [0.4, 0.5) is 0 Å². The van der Waals surface area contributed by atoms with Crippen LogP contribution in [0, 0.1) is 5.92 Å². The van der Waals surface area contributed by atoms with Crippen LogP contribution < -0.4 is 10.1 Å². The Bertz CT molecular complexity index is 836. The minimum atomic E-state index is -0.351. The standard InChI is InChI=1S/C21H28N4O4/c1-28-19-5-3-2-4-16(19)18-12-25(24-23-18)11-10-15-8-9-17(20(13-26)29-15)22-21(27)14-6-7-14/h2-5,12,14-15,17,20,26H,6-11,13H2,1H3,(H,22,27)/t15-,17-,20-/m1/s1. The Balaban J connectivity index is 1.30. The second kappa shape index (κ2) is 8.92. The van der Waals surface area contributed by atoms with Crippen LogP contribution in [0.25, 0.3) is 11.3 Å². The molecule has 0 spiro atoms. The van der Waals surface area contributed by atoms with Gasteiger partial charge >= 0.3 is 0 Å². The van der Waals surface area contributed by atoms with Gasteiger partial charge in [-0.3, -0.25) is 9.48 Å². The first-order chi connectivity index (χ1) is 14.2. The Morgan fingerprint density at radius 1 is 1.31 bits per heavy atom. The molecule has 1 saturated carbocycles. The second-order valence-corrected chi connectivity index (χ2v) is 7.80. The smallest absolute Gasteiger partial charge is 0.223 e. The summed E-state index contributed by atoms with van der Waals surface area (Å²) < 4.78 is 13.3. The number of nitrogens with one attached hydrogen (secondary N) is 1. The zero-order chi connectivity index (χ0) is 20.2. The number of nitrogens with zero attached hydrogens (tertiary/aromatic N) is 3. The lowest BCUT2D eigenvalue weighted by atomic mass is 9.97. The largest absolute Gasteiger partial charge is 0.496 e. The summed E-state index contributed by atoms with van der Waals surface area (Å²) in [5.74, 6) is 1.03. The summed E-state index contributed by atoms with van der Waals surface area (Å²) in [7, 11) is 1.64. The van der Waals surface area contributed by atoms with E-state index in [1.54, 1.807) is 11.8 Å². The number of aromatic nitrogens is 3. The van der Waals surface area contributed by atoms with Gasteiger partial charge < -0.3 is 19.9 Å². The number of amides is 1. The fourth-order valence-corrected chi connectivity index (χ4v) is 3.82. The summed E-state index contributed by atoms with van der Waals surface area (Å²) in [6.07, 6.45) is 5.97. The number of aliphatic hydroxyl groups is 1. The third-order valence-corrected chi connectivity index (χ3v) is 5.67. The van der Waals surface area contributed by atoms with Crippen LogP contribution in [0.2, 0.25) is 0 Å². The van der Waals surface area contributed by atoms with Crippen LogP contribution in [0.3, 0.4) is 0 Å². The monoisotopic (exact) mass is 400 g/mol. The molecule has 2 fully saturated rings. The molecule has 8 nitrogen and oxygen atoms in total. The van der Waals surface area contributed by atoms with Crippen molar-refractivity contribution in [1.29, 1.82) is 0 Å². The van der Waals surface area contributed by atoms with Crippen molar-refractivity contribution in [2.45, 2.75) is 56.9 Å². The number of rotatable bonds is 8. The zero-order valence-corrected chi connectivity index (χ0v) is 16.7. The zero-order valence-electron chi connectivity index (χ0n) is 16.7. The molecule has 29 heavy (non-hydrogen) atoms. The predicted molar refractivity (Wildman–Crippen MR) is 106 cm³/mol. The SMILES string of the molecule is COc1ccccc1-c1cn(CC[C@H]2CC[C@@H](NC(=O)C3CC3)[C@@H](CO)O2)nn1. The first-order valence-electron chi connectivity index (χ1n) is 10.3. The summed E-state index contributed by atoms with van der Waals surface area (Å²) in [4.78, 5) is 12.0. The summed E-state index contributed by atoms with van der Waals surface area (Å²) in [6.45, 7) is 0.581. The normalized spacial score (nSPS) is 24.3. The van der Waals surface area contributed by atoms with Crippen molar-refractivity contribution in [2.24, 2.45) is 5.92 Å². The molecule has 1 aliphatic heterocycles. The van der Waals surface area contributed by atoms with Gasteiger partial charge in [0.15, 0.2) is 0 Å². The Labute approximate surface area is 170 Å². The van der Waals surface area contributed by atoms with Gasteiger partial charge in [-0.25, -0.2) is 0 Å². The van der Waals surface area contributed by atoms with E-state index in [2.05, 4.69) is 15.6 Å². The molecule has 2 N–H and O–H groups in total. The molecule has 0 unspecified atom stereocenters. The van der Waals surface area contributed by atoms with Gasteiger partial charge in [0.05, 0.1) is 32.1 Å². The molecule has 1 aromatic carbocycles. The van der Waals surface area contributed by atoms with Crippen LogP contribution in [0.5, 0.6) is 5.75 Å². The first-order valence-corrected chi connectivity index (χ1v) is 10.3. The maximum atomic E-state index is 12.0. The lowest BCUT2D eigenvalue weighted by Crippen LogP contribution is -2.51. The highest BCUT2D eigenvalue weighted by molar-refractivity contribution is 5.81. The molecule has 1 aromatic heterocycles. The minimum Gasteiger partial charge on any atom is -0.496 e. The summed E-state index contributed by atoms with van der Waals surface area (Å²) in [5.41, 5.74) is 1.67. The molecule has 2 aromatic rings. The van der Waals surface area contributed by atoms with Crippen molar-refractivity contribution >= 4 is 5.91 Å². The van der Waals surface area contributed by atoms with Crippen molar-refractivity contribution in [3.05, 3.63) is 30.5 Å². The van der Waals surface area contributed by atoms with E-state index in [0.717, 1.165) is 49.1 Å². The molecular weight excluding hydrogens is 372 g/mol. The highest BCUT2D eigenvalue weighted by atomic mass is 16.5. The number of benzene rings is 1. The van der Waals surface area contributed by atoms with E-state index in [1.165, 1.54) is 0 Å². The van der Waals surface area contributed by atoms with Gasteiger partial charge in [0.25, 0.3) is 0 Å². The van der Waals surface area contributed by atoms with Gasteiger partial charge in [0.1, 0.15) is 17.5 Å². The fourth-order valence-electron chi connectivity index (χ4n) is 3.82. The Kier molecular flexibility index (Phi) is 6.10. The molecule has 4 rings (SSSR count). The van der Waals surface area contributed by atoms with Crippen molar-refractivity contribution in [3.8, 4) is 17.0 Å². The number of aliphatic hydroxyl groups excluding tert-OH is 1. The lowest BCUT2D eigenvalue weighted by Gasteiger charge is -2.36. The van der Waals surface area contributed by atoms with Crippen molar-refractivity contribution < 1.29 is 19.4 Å². The number of methoxy groups -OCH3 is 1. The molecule has 0 radical (unpaired) electrons. The fraction of sp³-hybridized carbons (Fsp3) is 0.571. The molecule has 3 atom stereocenters. The molecule has 2 heterocycles. The first kappa shape index (κ1) is 19.8. The second-order valence-electron chi connectivity index (χ2n) is 7.80. The number of carbonyl (C=O) groups is 1. The van der Waals surface area contributed by atoms with E-state index >= 15 is 0 Å². The Hall–Kier alpha value is -2.45. The van der Waals surface area contributed by atoms with Gasteiger partial charge in [-0.15, -0.1) is 5.10 Å². The van der Waals surface area contributed by atoms with Crippen LogP contribution in [0.1, 0.15) is 32.1 Å². The average Bonchev–Trinajstić information content (AvgIpc) is 3.51. The highest BCUT2D eigenvalue weighted by Crippen LogP contribution is 2.30. The van der Waals surface area contributed by atoms with Crippen LogP contribution in [-0.4, -0.2) is 58.0 Å². The van der Waals surface area contributed by atoms with Crippen LogP contribution >= 0.6 is 0 Å². The van der Waals surface area contributed by atoms with E-state index < -0.39 is 0 Å². The molecule has 1 aliphatic carbocycles. The number of ether oxygens (including phenoxy) is 2. The average molecular weight is 400 g/mol. The van der Waals surface area contributed by atoms with Crippen molar-refractivity contribution in [1.82, 2.24) is 20.3 Å². The lowest BCUT2D eigenvalue weighted by molar-refractivity contribution is -0.129. The number of para-hydroxylation sites is 1. The number of hydrogen-bond donors (Lipinski definition) is 2. The summed E-state index contributed by atoms with van der Waals surface area (Å²) >= 11 is 0. The Morgan fingerprint density at radius 3 is 2.90 bits per heavy atom. The Morgan fingerprint density at radius 2 is 2.14 bits per heavy atom. The number of aryl methyl sites for hydroxylation is 1. The molecular formula is C21H28N4O4. The van der Waals surface area contributed by atoms with Gasteiger partial charge in [0.2, 0.25) is 5.91 Å².